The minimum absolute atomic E-state index is 0.231. The molecule has 1 aromatic heterocycles. The standard InChI is InChI=1S/C18H14BrF3N2O4S2/c1-27-11-4-3-10(15(5-11)28-2)9-24(18-23-8-17(22)29-18)30(25,26)16-6-12(19)13(20)7-14(16)21/h3-8H,9H2,1-2H3. The van der Waals surface area contributed by atoms with Crippen molar-refractivity contribution < 1.29 is 31.1 Å². The van der Waals surface area contributed by atoms with Gasteiger partial charge in [-0.3, -0.25) is 0 Å². The molecule has 0 saturated carbocycles. The number of rotatable bonds is 7. The van der Waals surface area contributed by atoms with Crippen LogP contribution in [0.3, 0.4) is 0 Å². The third kappa shape index (κ3) is 4.40. The van der Waals surface area contributed by atoms with Gasteiger partial charge in [0, 0.05) is 17.7 Å². The lowest BCUT2D eigenvalue weighted by Crippen LogP contribution is -2.31. The van der Waals surface area contributed by atoms with Gasteiger partial charge in [0.2, 0.25) is 5.13 Å². The molecule has 12 heteroatoms. The third-order valence-electron chi connectivity index (χ3n) is 4.03. The van der Waals surface area contributed by atoms with Gasteiger partial charge < -0.3 is 9.47 Å². The number of sulfonamides is 1. The molecule has 3 rings (SSSR count). The van der Waals surface area contributed by atoms with Gasteiger partial charge in [-0.15, -0.1) is 0 Å². The van der Waals surface area contributed by atoms with Crippen molar-refractivity contribution in [3.63, 3.8) is 0 Å². The first-order valence-electron chi connectivity index (χ1n) is 8.17. The second kappa shape index (κ2) is 8.82. The summed E-state index contributed by atoms with van der Waals surface area (Å²) >= 11 is 3.32. The van der Waals surface area contributed by atoms with Gasteiger partial charge in [-0.2, -0.15) is 4.39 Å². The van der Waals surface area contributed by atoms with Gasteiger partial charge in [0.05, 0.1) is 31.4 Å². The SMILES string of the molecule is COc1ccc(CN(c2ncc(F)s2)S(=O)(=O)c2cc(Br)c(F)cc2F)c(OC)c1. The zero-order valence-corrected chi connectivity index (χ0v) is 18.7. The lowest BCUT2D eigenvalue weighted by Gasteiger charge is -2.23. The fourth-order valence-corrected chi connectivity index (χ4v) is 5.40. The van der Waals surface area contributed by atoms with Crippen molar-refractivity contribution in [2.45, 2.75) is 11.4 Å². The van der Waals surface area contributed by atoms with Crippen molar-refractivity contribution in [1.29, 1.82) is 0 Å². The summed E-state index contributed by atoms with van der Waals surface area (Å²) in [7, 11) is -1.75. The Morgan fingerprint density at radius 3 is 2.43 bits per heavy atom. The zero-order valence-electron chi connectivity index (χ0n) is 15.5. The van der Waals surface area contributed by atoms with Crippen LogP contribution in [0.4, 0.5) is 18.3 Å². The molecular formula is C18H14BrF3N2O4S2. The van der Waals surface area contributed by atoms with Crippen LogP contribution in [0.15, 0.2) is 45.9 Å². The van der Waals surface area contributed by atoms with E-state index in [2.05, 4.69) is 20.9 Å². The van der Waals surface area contributed by atoms with Crippen LogP contribution in [-0.4, -0.2) is 27.6 Å². The molecule has 0 radical (unpaired) electrons. The van der Waals surface area contributed by atoms with Crippen LogP contribution >= 0.6 is 27.3 Å². The number of ether oxygens (including phenoxy) is 2. The van der Waals surface area contributed by atoms with Crippen molar-refractivity contribution in [3.05, 3.63) is 63.3 Å². The van der Waals surface area contributed by atoms with Gasteiger partial charge >= 0.3 is 0 Å². The molecule has 0 unspecified atom stereocenters. The minimum Gasteiger partial charge on any atom is -0.497 e. The number of nitrogens with zero attached hydrogens (tertiary/aromatic N) is 2. The highest BCUT2D eigenvalue weighted by atomic mass is 79.9. The zero-order chi connectivity index (χ0) is 22.1. The molecule has 0 aliphatic rings. The fraction of sp³-hybridized carbons (Fsp3) is 0.167. The first-order chi connectivity index (χ1) is 14.2. The van der Waals surface area contributed by atoms with E-state index in [1.807, 2.05) is 0 Å². The van der Waals surface area contributed by atoms with Crippen molar-refractivity contribution in [1.82, 2.24) is 4.98 Å². The summed E-state index contributed by atoms with van der Waals surface area (Å²) in [6.45, 7) is -0.350. The predicted molar refractivity (Wildman–Crippen MR) is 109 cm³/mol. The predicted octanol–water partition coefficient (Wildman–Crippen LogP) is 4.74. The van der Waals surface area contributed by atoms with Crippen LogP contribution in [-0.2, 0) is 16.6 Å². The van der Waals surface area contributed by atoms with Crippen LogP contribution in [0.5, 0.6) is 11.5 Å². The van der Waals surface area contributed by atoms with E-state index in [4.69, 9.17) is 9.47 Å². The van der Waals surface area contributed by atoms with E-state index < -0.39 is 31.7 Å². The van der Waals surface area contributed by atoms with E-state index in [0.29, 0.717) is 34.5 Å². The number of methoxy groups -OCH3 is 2. The molecule has 6 nitrogen and oxygen atoms in total. The van der Waals surface area contributed by atoms with Crippen LogP contribution in [0.25, 0.3) is 0 Å². The number of hydrogen-bond donors (Lipinski definition) is 0. The van der Waals surface area contributed by atoms with Gasteiger partial charge in [0.15, 0.2) is 5.13 Å². The summed E-state index contributed by atoms with van der Waals surface area (Å²) in [5.41, 5.74) is 0.388. The van der Waals surface area contributed by atoms with E-state index in [-0.39, 0.29) is 16.1 Å². The summed E-state index contributed by atoms with van der Waals surface area (Å²) in [6, 6.07) is 5.94. The van der Waals surface area contributed by atoms with Crippen molar-refractivity contribution in [3.8, 4) is 11.5 Å². The van der Waals surface area contributed by atoms with E-state index >= 15 is 0 Å². The lowest BCUT2D eigenvalue weighted by atomic mass is 10.2. The number of halogens is 4. The van der Waals surface area contributed by atoms with Gasteiger partial charge in [-0.25, -0.2) is 26.5 Å². The summed E-state index contributed by atoms with van der Waals surface area (Å²) in [5.74, 6) is -1.49. The molecule has 160 valence electrons. The Morgan fingerprint density at radius 2 is 1.83 bits per heavy atom. The molecule has 0 bridgehead atoms. The van der Waals surface area contributed by atoms with Gasteiger partial charge in [0.25, 0.3) is 10.0 Å². The van der Waals surface area contributed by atoms with E-state index in [0.717, 1.165) is 16.6 Å². The first kappa shape index (κ1) is 22.4. The molecule has 2 aromatic carbocycles. The summed E-state index contributed by atoms with van der Waals surface area (Å²) < 4.78 is 79.1. The first-order valence-corrected chi connectivity index (χ1v) is 11.2. The Hall–Kier alpha value is -2.31. The summed E-state index contributed by atoms with van der Waals surface area (Å²) in [4.78, 5) is 2.99. The molecule has 0 aliphatic carbocycles. The van der Waals surface area contributed by atoms with E-state index in [1.54, 1.807) is 12.1 Å². The van der Waals surface area contributed by atoms with Gasteiger partial charge in [-0.05, 0) is 34.1 Å². The van der Waals surface area contributed by atoms with Crippen LogP contribution in [0.2, 0.25) is 0 Å². The third-order valence-corrected chi connectivity index (χ3v) is 7.31. The molecule has 0 N–H and O–H groups in total. The Kier molecular flexibility index (Phi) is 6.58. The Morgan fingerprint density at radius 1 is 1.10 bits per heavy atom. The van der Waals surface area contributed by atoms with Crippen molar-refractivity contribution >= 4 is 42.4 Å². The highest BCUT2D eigenvalue weighted by Crippen LogP contribution is 2.34. The number of anilines is 1. The second-order valence-electron chi connectivity index (χ2n) is 5.83. The maximum absolute atomic E-state index is 14.4. The number of aromatic nitrogens is 1. The number of benzene rings is 2. The summed E-state index contributed by atoms with van der Waals surface area (Å²) in [5, 5.41) is -0.960. The quantitative estimate of drug-likeness (QED) is 0.419. The van der Waals surface area contributed by atoms with Crippen LogP contribution < -0.4 is 13.8 Å². The number of thiazole rings is 1. The van der Waals surface area contributed by atoms with Gasteiger partial charge in [-0.1, -0.05) is 11.3 Å². The molecule has 0 saturated heterocycles. The van der Waals surface area contributed by atoms with E-state index in [1.165, 1.54) is 20.3 Å². The molecule has 0 fully saturated rings. The highest BCUT2D eigenvalue weighted by Gasteiger charge is 2.32. The Labute approximate surface area is 183 Å². The maximum Gasteiger partial charge on any atom is 0.269 e. The van der Waals surface area contributed by atoms with Crippen molar-refractivity contribution in [2.75, 3.05) is 18.5 Å². The monoisotopic (exact) mass is 522 g/mol. The van der Waals surface area contributed by atoms with Crippen LogP contribution in [0.1, 0.15) is 5.56 Å². The minimum atomic E-state index is -4.59. The largest absolute Gasteiger partial charge is 0.497 e. The molecule has 3 aromatic rings. The normalized spacial score (nSPS) is 11.4. The molecular weight excluding hydrogens is 509 g/mol. The van der Waals surface area contributed by atoms with Crippen LogP contribution in [0, 0.1) is 16.8 Å². The molecule has 1 heterocycles. The van der Waals surface area contributed by atoms with Gasteiger partial charge in [0.1, 0.15) is 28.0 Å². The summed E-state index contributed by atoms with van der Waals surface area (Å²) in [6.07, 6.45) is 0.852. The Bertz CT molecular complexity index is 1190. The maximum atomic E-state index is 14.4. The molecule has 0 aliphatic heterocycles. The topological polar surface area (TPSA) is 68.7 Å². The van der Waals surface area contributed by atoms with E-state index in [9.17, 15) is 21.6 Å². The number of hydrogen-bond acceptors (Lipinski definition) is 6. The molecule has 0 amide bonds. The fourth-order valence-electron chi connectivity index (χ4n) is 2.57. The second-order valence-corrected chi connectivity index (χ2v) is 9.48. The Balaban J connectivity index is 2.14. The average Bonchev–Trinajstić information content (AvgIpc) is 3.14. The average molecular weight is 523 g/mol. The highest BCUT2D eigenvalue weighted by molar-refractivity contribution is 9.10. The smallest absolute Gasteiger partial charge is 0.269 e. The lowest BCUT2D eigenvalue weighted by molar-refractivity contribution is 0.391. The molecule has 0 atom stereocenters. The van der Waals surface area contributed by atoms with Crippen molar-refractivity contribution in [2.24, 2.45) is 0 Å². The molecule has 0 spiro atoms. The molecule has 30 heavy (non-hydrogen) atoms.